The molecular formula is C8H12F3N3. The summed E-state index contributed by atoms with van der Waals surface area (Å²) >= 11 is 0. The van der Waals surface area contributed by atoms with Crippen molar-refractivity contribution in [1.82, 2.24) is 15.0 Å². The van der Waals surface area contributed by atoms with Gasteiger partial charge in [-0.05, 0) is 0 Å². The van der Waals surface area contributed by atoms with Gasteiger partial charge in [-0.15, -0.1) is 5.10 Å². The van der Waals surface area contributed by atoms with Crippen molar-refractivity contribution in [2.75, 3.05) is 0 Å². The zero-order chi connectivity index (χ0) is 11.1. The zero-order valence-corrected chi connectivity index (χ0v) is 8.48. The van der Waals surface area contributed by atoms with Gasteiger partial charge in [0.25, 0.3) is 0 Å². The highest BCUT2D eigenvalue weighted by Crippen LogP contribution is 2.35. The summed E-state index contributed by atoms with van der Waals surface area (Å²) in [6.07, 6.45) is -4.43. The van der Waals surface area contributed by atoms with Crippen molar-refractivity contribution < 1.29 is 13.2 Å². The van der Waals surface area contributed by atoms with Crippen LogP contribution in [0.5, 0.6) is 0 Å². The van der Waals surface area contributed by atoms with E-state index < -0.39 is 17.3 Å². The molecule has 80 valence electrons. The van der Waals surface area contributed by atoms with Crippen molar-refractivity contribution in [3.05, 3.63) is 11.4 Å². The number of hydrogen-bond donors (Lipinski definition) is 0. The summed E-state index contributed by atoms with van der Waals surface area (Å²) in [5, 5.41) is 6.54. The maximum absolute atomic E-state index is 12.5. The molecule has 0 unspecified atom stereocenters. The molecule has 0 fully saturated rings. The van der Waals surface area contributed by atoms with Crippen LogP contribution in [-0.4, -0.2) is 15.0 Å². The third-order valence-corrected chi connectivity index (χ3v) is 1.81. The fraction of sp³-hybridized carbons (Fsp3) is 0.750. The van der Waals surface area contributed by atoms with E-state index in [0.29, 0.717) is 0 Å². The maximum Gasteiger partial charge on any atom is 0.437 e. The lowest BCUT2D eigenvalue weighted by atomic mass is 9.90. The third-order valence-electron chi connectivity index (χ3n) is 1.81. The molecule has 0 aromatic carbocycles. The summed E-state index contributed by atoms with van der Waals surface area (Å²) in [5.41, 5.74) is -1.42. The highest BCUT2D eigenvalue weighted by atomic mass is 19.4. The van der Waals surface area contributed by atoms with E-state index in [1.807, 2.05) is 0 Å². The molecule has 0 bridgehead atoms. The summed E-state index contributed by atoms with van der Waals surface area (Å²) in [5.74, 6) is 0. The number of halogens is 3. The molecule has 0 saturated carbocycles. The maximum atomic E-state index is 12.5. The highest BCUT2D eigenvalue weighted by Gasteiger charge is 2.41. The molecule has 1 aromatic heterocycles. The van der Waals surface area contributed by atoms with Gasteiger partial charge in [-0.3, -0.25) is 4.68 Å². The predicted octanol–water partition coefficient (Wildman–Crippen LogP) is 2.13. The molecule has 0 aliphatic rings. The van der Waals surface area contributed by atoms with E-state index in [2.05, 4.69) is 10.3 Å². The summed E-state index contributed by atoms with van der Waals surface area (Å²) in [6.45, 7) is 5.09. The topological polar surface area (TPSA) is 30.7 Å². The van der Waals surface area contributed by atoms with Crippen LogP contribution in [0.15, 0.2) is 0 Å². The second-order valence-electron chi connectivity index (χ2n) is 4.16. The Morgan fingerprint density at radius 1 is 1.14 bits per heavy atom. The second-order valence-corrected chi connectivity index (χ2v) is 4.16. The first-order valence-electron chi connectivity index (χ1n) is 4.11. The van der Waals surface area contributed by atoms with E-state index in [9.17, 15) is 13.2 Å². The van der Waals surface area contributed by atoms with Crippen LogP contribution in [0.4, 0.5) is 13.2 Å². The van der Waals surface area contributed by atoms with Crippen LogP contribution in [0.2, 0.25) is 0 Å². The molecule has 14 heavy (non-hydrogen) atoms. The zero-order valence-electron chi connectivity index (χ0n) is 8.48. The van der Waals surface area contributed by atoms with Crippen LogP contribution in [0, 0.1) is 0 Å². The van der Waals surface area contributed by atoms with Gasteiger partial charge in [-0.2, -0.15) is 13.2 Å². The van der Waals surface area contributed by atoms with Crippen LogP contribution < -0.4 is 0 Å². The Labute approximate surface area is 79.9 Å². The summed E-state index contributed by atoms with van der Waals surface area (Å²) in [7, 11) is 1.46. The second kappa shape index (κ2) is 2.96. The summed E-state index contributed by atoms with van der Waals surface area (Å²) < 4.78 is 38.6. The molecule has 0 amide bonds. The first-order chi connectivity index (χ1) is 6.14. The van der Waals surface area contributed by atoms with Crippen molar-refractivity contribution in [1.29, 1.82) is 0 Å². The molecule has 1 heterocycles. The number of alkyl halides is 3. The molecule has 0 atom stereocenters. The molecule has 0 spiro atoms. The van der Waals surface area contributed by atoms with E-state index in [0.717, 1.165) is 0 Å². The molecule has 1 rings (SSSR count). The van der Waals surface area contributed by atoms with Crippen LogP contribution >= 0.6 is 0 Å². The Morgan fingerprint density at radius 3 is 1.93 bits per heavy atom. The Bertz CT molecular complexity index is 333. The van der Waals surface area contributed by atoms with Gasteiger partial charge in [0.1, 0.15) is 0 Å². The van der Waals surface area contributed by atoms with Crippen molar-refractivity contribution in [3.8, 4) is 0 Å². The lowest BCUT2D eigenvalue weighted by molar-refractivity contribution is -0.142. The number of rotatable bonds is 0. The minimum absolute atomic E-state index is 0.102. The average Bonchev–Trinajstić information content (AvgIpc) is 2.27. The van der Waals surface area contributed by atoms with Crippen molar-refractivity contribution >= 4 is 0 Å². The van der Waals surface area contributed by atoms with Crippen LogP contribution in [0.3, 0.4) is 0 Å². The Kier molecular flexibility index (Phi) is 2.33. The van der Waals surface area contributed by atoms with E-state index >= 15 is 0 Å². The van der Waals surface area contributed by atoms with Crippen LogP contribution in [-0.2, 0) is 18.6 Å². The standard InChI is InChI=1S/C8H12F3N3/c1-7(2,3)6-5(8(9,10)11)12-13-14(6)4/h1-4H3. The van der Waals surface area contributed by atoms with Gasteiger partial charge in [-0.25, -0.2) is 0 Å². The van der Waals surface area contributed by atoms with E-state index in [1.165, 1.54) is 11.7 Å². The fourth-order valence-electron chi connectivity index (χ4n) is 1.39. The SMILES string of the molecule is Cn1nnc(C(F)(F)F)c1C(C)(C)C. The van der Waals surface area contributed by atoms with Gasteiger partial charge in [0.2, 0.25) is 0 Å². The number of nitrogens with zero attached hydrogens (tertiary/aromatic N) is 3. The number of aryl methyl sites for hydroxylation is 1. The van der Waals surface area contributed by atoms with E-state index in [1.54, 1.807) is 20.8 Å². The van der Waals surface area contributed by atoms with Gasteiger partial charge in [0.15, 0.2) is 5.69 Å². The number of hydrogen-bond acceptors (Lipinski definition) is 2. The van der Waals surface area contributed by atoms with Crippen LogP contribution in [0.1, 0.15) is 32.2 Å². The van der Waals surface area contributed by atoms with Crippen molar-refractivity contribution in [2.24, 2.45) is 7.05 Å². The van der Waals surface area contributed by atoms with Gasteiger partial charge in [0.05, 0.1) is 5.69 Å². The molecule has 0 saturated heterocycles. The number of aromatic nitrogens is 3. The molecule has 1 aromatic rings. The third kappa shape index (κ3) is 1.88. The first kappa shape index (κ1) is 11.0. The quantitative estimate of drug-likeness (QED) is 0.652. The highest BCUT2D eigenvalue weighted by molar-refractivity contribution is 5.21. The largest absolute Gasteiger partial charge is 0.437 e. The Hall–Kier alpha value is -1.07. The van der Waals surface area contributed by atoms with Gasteiger partial charge < -0.3 is 0 Å². The Balaban J connectivity index is 3.35. The molecule has 0 aliphatic carbocycles. The molecule has 6 heteroatoms. The molecule has 0 radical (unpaired) electrons. The van der Waals surface area contributed by atoms with Gasteiger partial charge >= 0.3 is 6.18 Å². The first-order valence-corrected chi connectivity index (χ1v) is 4.11. The van der Waals surface area contributed by atoms with Crippen LogP contribution in [0.25, 0.3) is 0 Å². The monoisotopic (exact) mass is 207 g/mol. The predicted molar refractivity (Wildman–Crippen MR) is 44.7 cm³/mol. The van der Waals surface area contributed by atoms with Gasteiger partial charge in [0, 0.05) is 12.5 Å². The molecular weight excluding hydrogens is 195 g/mol. The molecule has 3 nitrogen and oxygen atoms in total. The van der Waals surface area contributed by atoms with E-state index in [4.69, 9.17) is 0 Å². The molecule has 0 N–H and O–H groups in total. The molecule has 0 aliphatic heterocycles. The lowest BCUT2D eigenvalue weighted by Gasteiger charge is -2.20. The minimum Gasteiger partial charge on any atom is -0.251 e. The Morgan fingerprint density at radius 2 is 1.64 bits per heavy atom. The summed E-state index contributed by atoms with van der Waals surface area (Å²) in [6, 6.07) is 0. The average molecular weight is 207 g/mol. The smallest absolute Gasteiger partial charge is 0.251 e. The summed E-state index contributed by atoms with van der Waals surface area (Å²) in [4.78, 5) is 0. The van der Waals surface area contributed by atoms with Crippen molar-refractivity contribution in [2.45, 2.75) is 32.4 Å². The lowest BCUT2D eigenvalue weighted by Crippen LogP contribution is -2.22. The van der Waals surface area contributed by atoms with Crippen molar-refractivity contribution in [3.63, 3.8) is 0 Å². The fourth-order valence-corrected chi connectivity index (χ4v) is 1.39. The van der Waals surface area contributed by atoms with Gasteiger partial charge in [-0.1, -0.05) is 26.0 Å². The van der Waals surface area contributed by atoms with E-state index in [-0.39, 0.29) is 5.69 Å². The normalized spacial score (nSPS) is 13.4. The minimum atomic E-state index is -4.43.